The highest BCUT2D eigenvalue weighted by Gasteiger charge is 2.39. The Balaban J connectivity index is 2.94. The Kier molecular flexibility index (Phi) is 2.94. The molecule has 0 spiro atoms. The van der Waals surface area contributed by atoms with Gasteiger partial charge in [0.2, 0.25) is 0 Å². The maximum Gasteiger partial charge on any atom is 0.418 e. The van der Waals surface area contributed by atoms with Gasteiger partial charge in [-0.05, 0) is 17.7 Å². The van der Waals surface area contributed by atoms with Crippen LogP contribution in [-0.4, -0.2) is 16.2 Å². The van der Waals surface area contributed by atoms with E-state index in [1.165, 1.54) is 0 Å². The smallest absolute Gasteiger partial charge is 0.379 e. The summed E-state index contributed by atoms with van der Waals surface area (Å²) >= 11 is 0. The zero-order valence-corrected chi connectivity index (χ0v) is 7.23. The van der Waals surface area contributed by atoms with E-state index < -0.39 is 22.8 Å². The van der Waals surface area contributed by atoms with Gasteiger partial charge in [0.25, 0.3) is 5.69 Å². The number of alkyl halides is 3. The molecule has 7 heteroatoms. The van der Waals surface area contributed by atoms with Crippen LogP contribution in [0.2, 0.25) is 0 Å². The minimum Gasteiger partial charge on any atom is -0.379 e. The van der Waals surface area contributed by atoms with Gasteiger partial charge in [0.05, 0.1) is 4.92 Å². The van der Waals surface area contributed by atoms with Gasteiger partial charge in [-0.25, -0.2) is 0 Å². The molecule has 0 aromatic heterocycles. The van der Waals surface area contributed by atoms with Crippen LogP contribution in [0.5, 0.6) is 0 Å². The lowest BCUT2D eigenvalue weighted by Gasteiger charge is -2.14. The van der Waals surface area contributed by atoms with Crippen LogP contribution in [0.1, 0.15) is 11.7 Å². The van der Waals surface area contributed by atoms with E-state index in [2.05, 4.69) is 0 Å². The Labute approximate surface area is 82.1 Å². The van der Waals surface area contributed by atoms with Crippen LogP contribution in [0, 0.1) is 10.1 Å². The number of hydrogen-bond donors (Lipinski definition) is 1. The van der Waals surface area contributed by atoms with Gasteiger partial charge < -0.3 is 5.11 Å². The molecule has 4 nitrogen and oxygen atoms in total. The summed E-state index contributed by atoms with van der Waals surface area (Å²) in [6.07, 6.45) is -7.38. The molecule has 0 aliphatic carbocycles. The highest BCUT2D eigenvalue weighted by molar-refractivity contribution is 5.34. The summed E-state index contributed by atoms with van der Waals surface area (Å²) in [5.41, 5.74) is -0.749. The first-order valence-corrected chi connectivity index (χ1v) is 3.81. The number of hydrogen-bond acceptors (Lipinski definition) is 3. The van der Waals surface area contributed by atoms with E-state index in [1.807, 2.05) is 0 Å². The van der Waals surface area contributed by atoms with Crippen molar-refractivity contribution in [2.75, 3.05) is 0 Å². The third kappa shape index (κ3) is 2.66. The van der Waals surface area contributed by atoms with Crippen LogP contribution < -0.4 is 0 Å². The van der Waals surface area contributed by atoms with E-state index in [1.54, 1.807) is 0 Å². The molecule has 1 aromatic rings. The molecule has 1 rings (SSSR count). The molecule has 0 radical (unpaired) electrons. The molecular formula is C8H6F3NO3. The quantitative estimate of drug-likeness (QED) is 0.615. The number of aliphatic hydroxyl groups is 1. The van der Waals surface area contributed by atoms with Gasteiger partial charge in [0, 0.05) is 12.1 Å². The third-order valence-corrected chi connectivity index (χ3v) is 1.73. The molecule has 0 bridgehead atoms. The van der Waals surface area contributed by atoms with Crippen molar-refractivity contribution in [1.29, 1.82) is 0 Å². The number of rotatable bonds is 2. The predicted molar refractivity (Wildman–Crippen MR) is 44.1 cm³/mol. The van der Waals surface area contributed by atoms with E-state index >= 15 is 0 Å². The fraction of sp³-hybridized carbons (Fsp3) is 0.250. The predicted octanol–water partition coefficient (Wildman–Crippen LogP) is 2.19. The first-order chi connectivity index (χ1) is 6.82. The summed E-state index contributed by atoms with van der Waals surface area (Å²) in [4.78, 5) is 9.47. The lowest BCUT2D eigenvalue weighted by molar-refractivity contribution is -0.384. The Bertz CT molecular complexity index is 360. The number of benzene rings is 1. The number of aliphatic hydroxyl groups excluding tert-OH is 1. The van der Waals surface area contributed by atoms with Crippen molar-refractivity contribution in [3.05, 3.63) is 39.9 Å². The standard InChI is InChI=1S/C8H6F3NO3/c9-8(10,11)7(13)5-1-3-6(4-2-5)12(14)15/h1-4,7,13H/t7-/m0/s1. The summed E-state index contributed by atoms with van der Waals surface area (Å²) in [5.74, 6) is 0. The Morgan fingerprint density at radius 2 is 1.73 bits per heavy atom. The SMILES string of the molecule is O=[N+]([O-])c1ccc([C@H](O)C(F)(F)F)cc1. The van der Waals surface area contributed by atoms with Gasteiger partial charge >= 0.3 is 6.18 Å². The molecule has 0 unspecified atom stereocenters. The molecule has 0 amide bonds. The molecule has 82 valence electrons. The molecule has 1 N–H and O–H groups in total. The fourth-order valence-electron chi connectivity index (χ4n) is 0.967. The van der Waals surface area contributed by atoms with Crippen LogP contribution in [0.25, 0.3) is 0 Å². The molecular weight excluding hydrogens is 215 g/mol. The minimum absolute atomic E-state index is 0.326. The van der Waals surface area contributed by atoms with Crippen LogP contribution in [-0.2, 0) is 0 Å². The average Bonchev–Trinajstić information content (AvgIpc) is 2.15. The molecule has 0 saturated carbocycles. The van der Waals surface area contributed by atoms with Gasteiger partial charge in [-0.3, -0.25) is 10.1 Å². The number of non-ortho nitro benzene ring substituents is 1. The van der Waals surface area contributed by atoms with Crippen LogP contribution in [0.3, 0.4) is 0 Å². The fourth-order valence-corrected chi connectivity index (χ4v) is 0.967. The summed E-state index contributed by atoms with van der Waals surface area (Å²) < 4.78 is 36.0. The van der Waals surface area contributed by atoms with Crippen molar-refractivity contribution in [1.82, 2.24) is 0 Å². The molecule has 1 atom stereocenters. The lowest BCUT2D eigenvalue weighted by Crippen LogP contribution is -2.20. The average molecular weight is 221 g/mol. The lowest BCUT2D eigenvalue weighted by atomic mass is 10.1. The second-order valence-corrected chi connectivity index (χ2v) is 2.79. The van der Waals surface area contributed by atoms with Gasteiger partial charge in [-0.15, -0.1) is 0 Å². The van der Waals surface area contributed by atoms with Gasteiger partial charge in [0.1, 0.15) is 0 Å². The van der Waals surface area contributed by atoms with E-state index in [9.17, 15) is 23.3 Å². The highest BCUT2D eigenvalue weighted by atomic mass is 19.4. The molecule has 0 saturated heterocycles. The largest absolute Gasteiger partial charge is 0.418 e. The molecule has 0 fully saturated rings. The number of nitrogens with zero attached hydrogens (tertiary/aromatic N) is 1. The third-order valence-electron chi connectivity index (χ3n) is 1.73. The monoisotopic (exact) mass is 221 g/mol. The summed E-state index contributed by atoms with van der Waals surface area (Å²) in [6.45, 7) is 0. The maximum atomic E-state index is 12.0. The Morgan fingerprint density at radius 1 is 1.27 bits per heavy atom. The van der Waals surface area contributed by atoms with Crippen LogP contribution in [0.15, 0.2) is 24.3 Å². The maximum absolute atomic E-state index is 12.0. The van der Waals surface area contributed by atoms with Crippen molar-refractivity contribution in [2.24, 2.45) is 0 Å². The van der Waals surface area contributed by atoms with E-state index in [4.69, 9.17) is 5.11 Å². The number of nitro benzene ring substituents is 1. The molecule has 15 heavy (non-hydrogen) atoms. The molecule has 1 aromatic carbocycles. The summed E-state index contributed by atoms with van der Waals surface area (Å²) in [5, 5.41) is 19.0. The molecule has 0 aliphatic rings. The van der Waals surface area contributed by atoms with Crippen molar-refractivity contribution in [2.45, 2.75) is 12.3 Å². The first-order valence-electron chi connectivity index (χ1n) is 3.81. The van der Waals surface area contributed by atoms with Crippen molar-refractivity contribution >= 4 is 5.69 Å². The Hall–Kier alpha value is -1.63. The van der Waals surface area contributed by atoms with Gasteiger partial charge in [-0.2, -0.15) is 13.2 Å². The van der Waals surface area contributed by atoms with Crippen molar-refractivity contribution in [3.63, 3.8) is 0 Å². The number of halogens is 3. The molecule has 0 aliphatic heterocycles. The highest BCUT2D eigenvalue weighted by Crippen LogP contribution is 2.32. The second kappa shape index (κ2) is 3.85. The normalized spacial score (nSPS) is 13.6. The summed E-state index contributed by atoms with van der Waals surface area (Å²) in [6, 6.07) is 3.56. The zero-order chi connectivity index (χ0) is 11.6. The van der Waals surface area contributed by atoms with Crippen LogP contribution >= 0.6 is 0 Å². The van der Waals surface area contributed by atoms with Gasteiger partial charge in [-0.1, -0.05) is 0 Å². The number of nitro groups is 1. The van der Waals surface area contributed by atoms with Crippen LogP contribution in [0.4, 0.5) is 18.9 Å². The minimum atomic E-state index is -4.77. The Morgan fingerprint density at radius 3 is 2.07 bits per heavy atom. The topological polar surface area (TPSA) is 63.4 Å². The summed E-state index contributed by atoms with van der Waals surface area (Å²) in [7, 11) is 0. The van der Waals surface area contributed by atoms with E-state index in [-0.39, 0.29) is 5.69 Å². The second-order valence-electron chi connectivity index (χ2n) is 2.79. The van der Waals surface area contributed by atoms with Gasteiger partial charge in [0.15, 0.2) is 6.10 Å². The van der Waals surface area contributed by atoms with E-state index in [0.29, 0.717) is 0 Å². The molecule has 0 heterocycles. The van der Waals surface area contributed by atoms with E-state index in [0.717, 1.165) is 24.3 Å². The van der Waals surface area contributed by atoms with Crippen molar-refractivity contribution < 1.29 is 23.2 Å². The van der Waals surface area contributed by atoms with Crippen molar-refractivity contribution in [3.8, 4) is 0 Å². The first kappa shape index (κ1) is 11.4. The zero-order valence-electron chi connectivity index (χ0n) is 7.23.